The SMILES string of the molecule is Cc1ccc(S(=O)(=O)Nc2cccc(C(=O)NCCOc3ccc4ccccc4c3)c2C)cc1. The van der Waals surface area contributed by atoms with Gasteiger partial charge < -0.3 is 10.1 Å². The van der Waals surface area contributed by atoms with E-state index in [1.807, 2.05) is 49.4 Å². The van der Waals surface area contributed by atoms with Crippen LogP contribution in [0.2, 0.25) is 0 Å². The first kappa shape index (κ1) is 23.3. The Morgan fingerprint density at radius 2 is 1.59 bits per heavy atom. The number of amides is 1. The van der Waals surface area contributed by atoms with Gasteiger partial charge in [-0.2, -0.15) is 0 Å². The molecular weight excluding hydrogens is 448 g/mol. The average Bonchev–Trinajstić information content (AvgIpc) is 2.83. The van der Waals surface area contributed by atoms with Crippen molar-refractivity contribution in [3.63, 3.8) is 0 Å². The molecule has 0 spiro atoms. The predicted molar refractivity (Wildman–Crippen MR) is 135 cm³/mol. The average molecular weight is 475 g/mol. The molecule has 4 aromatic rings. The molecule has 0 radical (unpaired) electrons. The van der Waals surface area contributed by atoms with E-state index >= 15 is 0 Å². The molecule has 0 bridgehead atoms. The molecule has 4 rings (SSSR count). The van der Waals surface area contributed by atoms with Gasteiger partial charge in [0, 0.05) is 5.56 Å². The summed E-state index contributed by atoms with van der Waals surface area (Å²) in [6.07, 6.45) is 0. The molecule has 0 heterocycles. The van der Waals surface area contributed by atoms with E-state index in [9.17, 15) is 13.2 Å². The van der Waals surface area contributed by atoms with Crippen molar-refractivity contribution in [3.8, 4) is 5.75 Å². The Bertz CT molecular complexity index is 1430. The summed E-state index contributed by atoms with van der Waals surface area (Å²) in [5, 5.41) is 5.06. The molecule has 0 saturated carbocycles. The fourth-order valence-electron chi connectivity index (χ4n) is 3.60. The van der Waals surface area contributed by atoms with Crippen LogP contribution in [0.4, 0.5) is 5.69 Å². The van der Waals surface area contributed by atoms with E-state index in [-0.39, 0.29) is 10.8 Å². The zero-order chi connectivity index (χ0) is 24.1. The maximum Gasteiger partial charge on any atom is 0.261 e. The number of fused-ring (bicyclic) bond motifs is 1. The fraction of sp³-hybridized carbons (Fsp3) is 0.148. The molecule has 6 nitrogen and oxygen atoms in total. The number of anilines is 1. The molecule has 0 fully saturated rings. The lowest BCUT2D eigenvalue weighted by Crippen LogP contribution is -2.29. The first-order valence-electron chi connectivity index (χ1n) is 10.9. The molecule has 0 unspecified atom stereocenters. The molecule has 0 aliphatic rings. The number of hydrogen-bond acceptors (Lipinski definition) is 4. The van der Waals surface area contributed by atoms with Crippen LogP contribution in [0.3, 0.4) is 0 Å². The number of aryl methyl sites for hydroxylation is 1. The molecular formula is C27H26N2O4S. The van der Waals surface area contributed by atoms with E-state index < -0.39 is 10.0 Å². The Morgan fingerprint density at radius 3 is 2.35 bits per heavy atom. The largest absolute Gasteiger partial charge is 0.492 e. The summed E-state index contributed by atoms with van der Waals surface area (Å²) < 4.78 is 33.9. The van der Waals surface area contributed by atoms with Crippen molar-refractivity contribution in [2.24, 2.45) is 0 Å². The molecule has 0 aliphatic heterocycles. The Hall–Kier alpha value is -3.84. The van der Waals surface area contributed by atoms with E-state index in [1.165, 1.54) is 0 Å². The number of nitrogens with one attached hydrogen (secondary N) is 2. The van der Waals surface area contributed by atoms with Crippen LogP contribution in [0.25, 0.3) is 10.8 Å². The van der Waals surface area contributed by atoms with Crippen LogP contribution in [-0.4, -0.2) is 27.5 Å². The molecule has 0 atom stereocenters. The number of carbonyl (C=O) groups is 1. The summed E-state index contributed by atoms with van der Waals surface area (Å²) in [5.41, 5.74) is 2.28. The summed E-state index contributed by atoms with van der Waals surface area (Å²) in [6, 6.07) is 25.4. The van der Waals surface area contributed by atoms with Gasteiger partial charge in [-0.3, -0.25) is 9.52 Å². The second-order valence-corrected chi connectivity index (χ2v) is 9.69. The zero-order valence-electron chi connectivity index (χ0n) is 19.0. The van der Waals surface area contributed by atoms with Crippen LogP contribution in [-0.2, 0) is 10.0 Å². The van der Waals surface area contributed by atoms with Crippen LogP contribution in [0.5, 0.6) is 5.75 Å². The lowest BCUT2D eigenvalue weighted by molar-refractivity contribution is 0.0946. The summed E-state index contributed by atoms with van der Waals surface area (Å²) in [5.74, 6) is 0.438. The van der Waals surface area contributed by atoms with E-state index in [1.54, 1.807) is 49.4 Å². The quantitative estimate of drug-likeness (QED) is 0.349. The van der Waals surface area contributed by atoms with Crippen LogP contribution < -0.4 is 14.8 Å². The summed E-state index contributed by atoms with van der Waals surface area (Å²) in [7, 11) is -3.76. The van der Waals surface area contributed by atoms with Gasteiger partial charge in [-0.1, -0.05) is 54.1 Å². The summed E-state index contributed by atoms with van der Waals surface area (Å²) in [6.45, 7) is 4.23. The van der Waals surface area contributed by atoms with Crippen LogP contribution in [0, 0.1) is 13.8 Å². The lowest BCUT2D eigenvalue weighted by atomic mass is 10.1. The predicted octanol–water partition coefficient (Wildman–Crippen LogP) is 5.07. The highest BCUT2D eigenvalue weighted by Crippen LogP contribution is 2.23. The van der Waals surface area contributed by atoms with Gasteiger partial charge in [-0.05, 0) is 66.6 Å². The van der Waals surface area contributed by atoms with E-state index in [0.717, 1.165) is 22.1 Å². The highest BCUT2D eigenvalue weighted by molar-refractivity contribution is 7.92. The van der Waals surface area contributed by atoms with Crippen molar-refractivity contribution in [2.45, 2.75) is 18.7 Å². The van der Waals surface area contributed by atoms with Crippen molar-refractivity contribution in [1.29, 1.82) is 0 Å². The number of carbonyl (C=O) groups excluding carboxylic acids is 1. The monoisotopic (exact) mass is 474 g/mol. The van der Waals surface area contributed by atoms with E-state index in [0.29, 0.717) is 30.0 Å². The van der Waals surface area contributed by atoms with Crippen LogP contribution >= 0.6 is 0 Å². The van der Waals surface area contributed by atoms with Crippen molar-refractivity contribution < 1.29 is 17.9 Å². The van der Waals surface area contributed by atoms with Gasteiger partial charge in [0.25, 0.3) is 15.9 Å². The molecule has 7 heteroatoms. The number of hydrogen-bond donors (Lipinski definition) is 2. The number of ether oxygens (including phenoxy) is 1. The van der Waals surface area contributed by atoms with Gasteiger partial charge in [0.15, 0.2) is 0 Å². The summed E-state index contributed by atoms with van der Waals surface area (Å²) >= 11 is 0. The summed E-state index contributed by atoms with van der Waals surface area (Å²) in [4.78, 5) is 12.9. The standard InChI is InChI=1S/C27H26N2O4S/c1-19-10-14-24(15-11-19)34(31,32)29-26-9-5-8-25(20(26)2)27(30)28-16-17-33-23-13-12-21-6-3-4-7-22(21)18-23/h3-15,18,29H,16-17H2,1-2H3,(H,28,30). The van der Waals surface area contributed by atoms with Gasteiger partial charge in [0.1, 0.15) is 12.4 Å². The van der Waals surface area contributed by atoms with Crippen LogP contribution in [0.15, 0.2) is 89.8 Å². The third-order valence-corrected chi connectivity index (χ3v) is 6.91. The maximum absolute atomic E-state index is 12.7. The van der Waals surface area contributed by atoms with Gasteiger partial charge in [-0.25, -0.2) is 8.42 Å². The Morgan fingerprint density at radius 1 is 0.853 bits per heavy atom. The lowest BCUT2D eigenvalue weighted by Gasteiger charge is -2.14. The first-order valence-corrected chi connectivity index (χ1v) is 12.4. The first-order chi connectivity index (χ1) is 16.3. The van der Waals surface area contributed by atoms with E-state index in [2.05, 4.69) is 10.0 Å². The normalized spacial score (nSPS) is 11.2. The molecule has 4 aromatic carbocycles. The molecule has 174 valence electrons. The zero-order valence-corrected chi connectivity index (χ0v) is 19.9. The van der Waals surface area contributed by atoms with Crippen molar-refractivity contribution in [3.05, 3.63) is 102 Å². The third-order valence-electron chi connectivity index (χ3n) is 5.53. The topological polar surface area (TPSA) is 84.5 Å². The molecule has 1 amide bonds. The van der Waals surface area contributed by atoms with Gasteiger partial charge in [0.2, 0.25) is 0 Å². The molecule has 0 aliphatic carbocycles. The van der Waals surface area contributed by atoms with Crippen molar-refractivity contribution in [2.75, 3.05) is 17.9 Å². The highest BCUT2D eigenvalue weighted by Gasteiger charge is 2.18. The maximum atomic E-state index is 12.7. The van der Waals surface area contributed by atoms with E-state index in [4.69, 9.17) is 4.74 Å². The second-order valence-electron chi connectivity index (χ2n) is 8.01. The smallest absolute Gasteiger partial charge is 0.261 e. The minimum atomic E-state index is -3.76. The Kier molecular flexibility index (Phi) is 6.84. The van der Waals surface area contributed by atoms with Crippen molar-refractivity contribution >= 4 is 32.4 Å². The van der Waals surface area contributed by atoms with Gasteiger partial charge in [-0.15, -0.1) is 0 Å². The molecule has 0 aromatic heterocycles. The van der Waals surface area contributed by atoms with Gasteiger partial charge in [0.05, 0.1) is 17.1 Å². The number of benzene rings is 4. The van der Waals surface area contributed by atoms with Crippen LogP contribution in [0.1, 0.15) is 21.5 Å². The molecule has 34 heavy (non-hydrogen) atoms. The second kappa shape index (κ2) is 9.97. The molecule has 2 N–H and O–H groups in total. The van der Waals surface area contributed by atoms with Crippen molar-refractivity contribution in [1.82, 2.24) is 5.32 Å². The minimum absolute atomic E-state index is 0.165. The third kappa shape index (κ3) is 5.38. The number of rotatable bonds is 8. The Labute approximate surface area is 199 Å². The minimum Gasteiger partial charge on any atom is -0.492 e. The molecule has 0 saturated heterocycles. The fourth-order valence-corrected chi connectivity index (χ4v) is 4.72. The Balaban J connectivity index is 1.37. The van der Waals surface area contributed by atoms with Gasteiger partial charge >= 0.3 is 0 Å². The highest BCUT2D eigenvalue weighted by atomic mass is 32.2. The number of sulfonamides is 1.